The molecule has 8 heteroatoms. The fraction of sp³-hybridized carbons (Fsp3) is 0.129. The average molecular weight is 519 g/mol. The first-order valence-corrected chi connectivity index (χ1v) is 12.2. The number of carbonyl (C=O) groups excluding carboxylic acids is 3. The Bertz CT molecular complexity index is 1740. The van der Waals surface area contributed by atoms with E-state index in [9.17, 15) is 14.4 Å². The standard InChI is InChI=1S/C31H22N2O6/c1-37-29(35)24-25(30(36)38-2)31(39-28(24)32-17-18-10-4-3-5-11-18)22-14-8-7-13-20(22)26(34)21-16-19-12-6-9-15-23(19)33-27(21)31/h3-16H,17H2,1-2H3. The van der Waals surface area contributed by atoms with Gasteiger partial charge in [0.2, 0.25) is 11.5 Å². The van der Waals surface area contributed by atoms with E-state index < -0.39 is 17.5 Å². The van der Waals surface area contributed by atoms with Gasteiger partial charge in [0.15, 0.2) is 5.78 Å². The summed E-state index contributed by atoms with van der Waals surface area (Å²) in [6.07, 6.45) is 0. The SMILES string of the molecule is COC(=O)C1=C(C(=O)OC)C2(OC1=NCc1ccccc1)c1ccccc1C(=O)c1cc3ccccc3nc12. The first-order valence-electron chi connectivity index (χ1n) is 12.2. The lowest BCUT2D eigenvalue weighted by atomic mass is 9.72. The molecule has 192 valence electrons. The molecule has 0 bridgehead atoms. The second kappa shape index (κ2) is 9.33. The minimum absolute atomic E-state index is 0.101. The van der Waals surface area contributed by atoms with Crippen LogP contribution in [0.4, 0.5) is 0 Å². The fourth-order valence-electron chi connectivity index (χ4n) is 5.20. The number of hydrogen-bond donors (Lipinski definition) is 0. The van der Waals surface area contributed by atoms with Crippen LogP contribution >= 0.6 is 0 Å². The number of pyridine rings is 1. The molecule has 0 amide bonds. The Kier molecular flexibility index (Phi) is 5.80. The number of nitrogens with zero attached hydrogens (tertiary/aromatic N) is 2. The van der Waals surface area contributed by atoms with Crippen LogP contribution in [0.5, 0.6) is 0 Å². The quantitative estimate of drug-likeness (QED) is 0.371. The zero-order valence-corrected chi connectivity index (χ0v) is 21.1. The first kappa shape index (κ1) is 24.2. The highest BCUT2D eigenvalue weighted by Gasteiger charge is 2.60. The minimum atomic E-state index is -1.78. The van der Waals surface area contributed by atoms with Gasteiger partial charge in [0.05, 0.1) is 26.3 Å². The van der Waals surface area contributed by atoms with Gasteiger partial charge in [0.1, 0.15) is 16.8 Å². The summed E-state index contributed by atoms with van der Waals surface area (Å²) in [5.74, 6) is -2.02. The van der Waals surface area contributed by atoms with Crippen molar-refractivity contribution in [3.63, 3.8) is 0 Å². The molecule has 1 aliphatic heterocycles. The van der Waals surface area contributed by atoms with Crippen LogP contribution in [0.15, 0.2) is 101 Å². The number of aromatic nitrogens is 1. The molecule has 6 rings (SSSR count). The van der Waals surface area contributed by atoms with E-state index in [-0.39, 0.29) is 40.6 Å². The predicted octanol–water partition coefficient (Wildman–Crippen LogP) is 4.29. The van der Waals surface area contributed by atoms with Crippen molar-refractivity contribution in [1.29, 1.82) is 0 Å². The van der Waals surface area contributed by atoms with E-state index in [1.165, 1.54) is 14.2 Å². The molecule has 0 saturated carbocycles. The van der Waals surface area contributed by atoms with E-state index in [0.29, 0.717) is 16.6 Å². The van der Waals surface area contributed by atoms with Crippen molar-refractivity contribution in [2.24, 2.45) is 4.99 Å². The molecule has 39 heavy (non-hydrogen) atoms. The van der Waals surface area contributed by atoms with E-state index in [4.69, 9.17) is 19.2 Å². The van der Waals surface area contributed by atoms with Crippen LogP contribution in [-0.4, -0.2) is 42.8 Å². The lowest BCUT2D eigenvalue weighted by Crippen LogP contribution is -2.41. The zero-order chi connectivity index (χ0) is 27.1. The van der Waals surface area contributed by atoms with Gasteiger partial charge in [0, 0.05) is 22.1 Å². The number of aliphatic imine (C=N–C) groups is 1. The molecule has 1 spiro atoms. The molecule has 4 aromatic rings. The normalized spacial score (nSPS) is 18.6. The zero-order valence-electron chi connectivity index (χ0n) is 21.1. The molecule has 1 aliphatic carbocycles. The van der Waals surface area contributed by atoms with Crippen LogP contribution < -0.4 is 0 Å². The number of methoxy groups -OCH3 is 2. The fourth-order valence-corrected chi connectivity index (χ4v) is 5.20. The topological polar surface area (TPSA) is 104 Å². The summed E-state index contributed by atoms with van der Waals surface area (Å²) in [6, 6.07) is 25.3. The third kappa shape index (κ3) is 3.64. The number of carbonyl (C=O) groups is 3. The third-order valence-electron chi connectivity index (χ3n) is 6.95. The Labute approximate surface area is 223 Å². The molecule has 0 saturated heterocycles. The third-order valence-corrected chi connectivity index (χ3v) is 6.95. The maximum Gasteiger partial charge on any atom is 0.344 e. The molecule has 1 aromatic heterocycles. The van der Waals surface area contributed by atoms with Gasteiger partial charge in [-0.2, -0.15) is 0 Å². The van der Waals surface area contributed by atoms with Crippen LogP contribution in [0.3, 0.4) is 0 Å². The lowest BCUT2D eigenvalue weighted by Gasteiger charge is -2.36. The summed E-state index contributed by atoms with van der Waals surface area (Å²) in [6.45, 7) is 0.166. The van der Waals surface area contributed by atoms with Crippen molar-refractivity contribution in [3.05, 3.63) is 124 Å². The molecule has 2 aliphatic rings. The molecular formula is C31H22N2O6. The van der Waals surface area contributed by atoms with E-state index in [2.05, 4.69) is 4.99 Å². The molecular weight excluding hydrogens is 496 g/mol. The van der Waals surface area contributed by atoms with E-state index >= 15 is 0 Å². The summed E-state index contributed by atoms with van der Waals surface area (Å²) >= 11 is 0. The molecule has 1 atom stereocenters. The van der Waals surface area contributed by atoms with Crippen molar-refractivity contribution >= 4 is 34.5 Å². The van der Waals surface area contributed by atoms with Gasteiger partial charge >= 0.3 is 11.9 Å². The maximum atomic E-state index is 13.8. The van der Waals surface area contributed by atoms with Gasteiger partial charge in [-0.05, 0) is 17.7 Å². The molecule has 8 nitrogen and oxygen atoms in total. The smallest absolute Gasteiger partial charge is 0.344 e. The molecule has 0 radical (unpaired) electrons. The lowest BCUT2D eigenvalue weighted by molar-refractivity contribution is -0.139. The Balaban J connectivity index is 1.70. The van der Waals surface area contributed by atoms with E-state index in [0.717, 1.165) is 10.9 Å². The van der Waals surface area contributed by atoms with Gasteiger partial charge in [0.25, 0.3) is 0 Å². The molecule has 1 unspecified atom stereocenters. The number of para-hydroxylation sites is 1. The summed E-state index contributed by atoms with van der Waals surface area (Å²) in [5.41, 5.74) is 0.452. The Morgan fingerprint density at radius 3 is 2.33 bits per heavy atom. The summed E-state index contributed by atoms with van der Waals surface area (Å²) in [7, 11) is 2.42. The average Bonchev–Trinajstić information content (AvgIpc) is 3.33. The second-order valence-electron chi connectivity index (χ2n) is 9.08. The van der Waals surface area contributed by atoms with Gasteiger partial charge in [-0.3, -0.25) is 4.79 Å². The summed E-state index contributed by atoms with van der Waals surface area (Å²) < 4.78 is 16.9. The number of esters is 2. The number of ether oxygens (including phenoxy) is 3. The van der Waals surface area contributed by atoms with Crippen molar-refractivity contribution in [1.82, 2.24) is 4.98 Å². The number of hydrogen-bond acceptors (Lipinski definition) is 8. The highest BCUT2D eigenvalue weighted by atomic mass is 16.6. The number of benzene rings is 3. The number of ketones is 1. The highest BCUT2D eigenvalue weighted by Crippen LogP contribution is 2.52. The van der Waals surface area contributed by atoms with Gasteiger partial charge in [-0.1, -0.05) is 72.8 Å². The van der Waals surface area contributed by atoms with Gasteiger partial charge in [-0.15, -0.1) is 0 Å². The Morgan fingerprint density at radius 2 is 1.56 bits per heavy atom. The Morgan fingerprint density at radius 1 is 0.872 bits per heavy atom. The van der Waals surface area contributed by atoms with Gasteiger partial charge < -0.3 is 14.2 Å². The van der Waals surface area contributed by atoms with Crippen molar-refractivity contribution in [2.75, 3.05) is 14.2 Å². The molecule has 3 aromatic carbocycles. The highest BCUT2D eigenvalue weighted by molar-refractivity contribution is 6.25. The Hall–Kier alpha value is -5.11. The van der Waals surface area contributed by atoms with Crippen molar-refractivity contribution in [3.8, 4) is 0 Å². The van der Waals surface area contributed by atoms with Crippen LogP contribution in [-0.2, 0) is 35.9 Å². The van der Waals surface area contributed by atoms with Crippen LogP contribution in [0.2, 0.25) is 0 Å². The first-order chi connectivity index (χ1) is 19.0. The molecule has 0 fully saturated rings. The van der Waals surface area contributed by atoms with Crippen LogP contribution in [0.25, 0.3) is 10.9 Å². The van der Waals surface area contributed by atoms with Crippen molar-refractivity contribution in [2.45, 2.75) is 12.1 Å². The number of fused-ring (bicyclic) bond motifs is 5. The largest absolute Gasteiger partial charge is 0.466 e. The second-order valence-corrected chi connectivity index (χ2v) is 9.08. The molecule has 0 N–H and O–H groups in total. The summed E-state index contributed by atoms with van der Waals surface area (Å²) in [5, 5.41) is 0.742. The van der Waals surface area contributed by atoms with E-state index in [1.807, 2.05) is 48.5 Å². The van der Waals surface area contributed by atoms with E-state index in [1.54, 1.807) is 36.4 Å². The minimum Gasteiger partial charge on any atom is -0.466 e. The van der Waals surface area contributed by atoms with Crippen LogP contribution in [0, 0.1) is 0 Å². The predicted molar refractivity (Wildman–Crippen MR) is 142 cm³/mol. The molecule has 2 heterocycles. The van der Waals surface area contributed by atoms with Crippen LogP contribution in [0.1, 0.15) is 32.7 Å². The monoisotopic (exact) mass is 518 g/mol. The maximum absolute atomic E-state index is 13.8. The van der Waals surface area contributed by atoms with Gasteiger partial charge in [-0.25, -0.2) is 19.6 Å². The number of rotatable bonds is 4. The summed E-state index contributed by atoms with van der Waals surface area (Å²) in [4.78, 5) is 50.0. The van der Waals surface area contributed by atoms with Crippen molar-refractivity contribution < 1.29 is 28.6 Å².